The van der Waals surface area contributed by atoms with Crippen LogP contribution in [0.2, 0.25) is 0 Å². The van der Waals surface area contributed by atoms with E-state index < -0.39 is 0 Å². The van der Waals surface area contributed by atoms with Crippen molar-refractivity contribution in [2.75, 3.05) is 39.5 Å². The molecule has 18 heavy (non-hydrogen) atoms. The molecule has 0 heterocycles. The van der Waals surface area contributed by atoms with Gasteiger partial charge >= 0.3 is 0 Å². The summed E-state index contributed by atoms with van der Waals surface area (Å²) in [5, 5.41) is 6.06. The van der Waals surface area contributed by atoms with Crippen LogP contribution < -0.4 is 10.6 Å². The molecular weight excluding hydrogens is 232 g/mol. The third-order valence-electron chi connectivity index (χ3n) is 2.22. The maximum atomic E-state index is 11.1. The van der Waals surface area contributed by atoms with Crippen LogP contribution in [0.5, 0.6) is 0 Å². The van der Waals surface area contributed by atoms with Crippen molar-refractivity contribution in [1.82, 2.24) is 10.6 Å². The summed E-state index contributed by atoms with van der Waals surface area (Å²) >= 11 is 0. The minimum absolute atomic E-state index is 0.0945. The van der Waals surface area contributed by atoms with Crippen molar-refractivity contribution in [3.05, 3.63) is 0 Å². The maximum absolute atomic E-state index is 11.1. The van der Waals surface area contributed by atoms with E-state index in [1.807, 2.05) is 6.92 Å². The van der Waals surface area contributed by atoms with Gasteiger partial charge < -0.3 is 20.1 Å². The highest BCUT2D eigenvalue weighted by Gasteiger charge is 1.97. The summed E-state index contributed by atoms with van der Waals surface area (Å²) in [5.74, 6) is 0.0945. The van der Waals surface area contributed by atoms with E-state index in [-0.39, 0.29) is 5.91 Å². The number of ether oxygens (including phenoxy) is 2. The molecule has 0 aromatic carbocycles. The third kappa shape index (κ3) is 13.4. The minimum Gasteiger partial charge on any atom is -0.378 e. The Kier molecular flexibility index (Phi) is 12.3. The molecule has 0 unspecified atom stereocenters. The van der Waals surface area contributed by atoms with Gasteiger partial charge in [-0.15, -0.1) is 0 Å². The lowest BCUT2D eigenvalue weighted by atomic mass is 10.3. The van der Waals surface area contributed by atoms with Gasteiger partial charge in [-0.05, 0) is 6.42 Å². The quantitative estimate of drug-likeness (QED) is 0.513. The number of carbonyl (C=O) groups excluding carboxylic acids is 1. The van der Waals surface area contributed by atoms with Crippen molar-refractivity contribution in [2.45, 2.75) is 39.7 Å². The van der Waals surface area contributed by atoms with E-state index >= 15 is 0 Å². The fourth-order valence-corrected chi connectivity index (χ4v) is 1.32. The smallest absolute Gasteiger partial charge is 0.220 e. The molecule has 108 valence electrons. The number of rotatable bonds is 12. The van der Waals surface area contributed by atoms with E-state index in [0.717, 1.165) is 13.0 Å². The molecular formula is C13H28N2O3. The standard InChI is InChI=1S/C13H28N2O3/c1-4-5-13(16)15-7-9-18-11-10-17-8-6-14-12(2)3/h12,14H,4-11H2,1-3H3,(H,15,16). The summed E-state index contributed by atoms with van der Waals surface area (Å²) in [6.45, 7) is 10.1. The zero-order valence-corrected chi connectivity index (χ0v) is 12.0. The molecule has 1 amide bonds. The first-order valence-corrected chi connectivity index (χ1v) is 6.82. The second-order valence-electron chi connectivity index (χ2n) is 4.43. The Labute approximate surface area is 111 Å². The van der Waals surface area contributed by atoms with Crippen LogP contribution in [-0.4, -0.2) is 51.5 Å². The van der Waals surface area contributed by atoms with Gasteiger partial charge in [-0.3, -0.25) is 4.79 Å². The molecule has 0 radical (unpaired) electrons. The molecule has 5 heteroatoms. The van der Waals surface area contributed by atoms with Crippen molar-refractivity contribution >= 4 is 5.91 Å². The Bertz CT molecular complexity index is 199. The maximum Gasteiger partial charge on any atom is 0.220 e. The van der Waals surface area contributed by atoms with E-state index in [9.17, 15) is 4.79 Å². The van der Waals surface area contributed by atoms with E-state index in [1.54, 1.807) is 0 Å². The summed E-state index contributed by atoms with van der Waals surface area (Å²) in [4.78, 5) is 11.1. The first-order valence-electron chi connectivity index (χ1n) is 6.82. The van der Waals surface area contributed by atoms with Gasteiger partial charge in [0.2, 0.25) is 5.91 Å². The van der Waals surface area contributed by atoms with Gasteiger partial charge in [-0.25, -0.2) is 0 Å². The molecule has 5 nitrogen and oxygen atoms in total. The van der Waals surface area contributed by atoms with Crippen LogP contribution >= 0.6 is 0 Å². The highest BCUT2D eigenvalue weighted by molar-refractivity contribution is 5.75. The zero-order chi connectivity index (χ0) is 13.6. The predicted molar refractivity (Wildman–Crippen MR) is 72.7 cm³/mol. The Morgan fingerprint density at radius 1 is 1.06 bits per heavy atom. The van der Waals surface area contributed by atoms with Gasteiger partial charge in [0.25, 0.3) is 0 Å². The Hall–Kier alpha value is -0.650. The molecule has 0 spiro atoms. The largest absolute Gasteiger partial charge is 0.378 e. The Balaban J connectivity index is 3.05. The van der Waals surface area contributed by atoms with Crippen LogP contribution in [0, 0.1) is 0 Å². The molecule has 0 rings (SSSR count). The van der Waals surface area contributed by atoms with Crippen LogP contribution in [0.25, 0.3) is 0 Å². The molecule has 0 aliphatic rings. The summed E-state index contributed by atoms with van der Waals surface area (Å²) in [6.07, 6.45) is 1.47. The van der Waals surface area contributed by atoms with Crippen molar-refractivity contribution in [3.8, 4) is 0 Å². The average molecular weight is 260 g/mol. The van der Waals surface area contributed by atoms with Gasteiger partial charge in [-0.1, -0.05) is 20.8 Å². The van der Waals surface area contributed by atoms with Crippen LogP contribution in [-0.2, 0) is 14.3 Å². The number of hydrogen-bond acceptors (Lipinski definition) is 4. The van der Waals surface area contributed by atoms with E-state index in [2.05, 4.69) is 24.5 Å². The second kappa shape index (κ2) is 12.8. The summed E-state index contributed by atoms with van der Waals surface area (Å²) in [7, 11) is 0. The van der Waals surface area contributed by atoms with Crippen molar-refractivity contribution in [2.24, 2.45) is 0 Å². The lowest BCUT2D eigenvalue weighted by molar-refractivity contribution is -0.121. The molecule has 0 fully saturated rings. The molecule has 0 bridgehead atoms. The van der Waals surface area contributed by atoms with Gasteiger partial charge in [0.15, 0.2) is 0 Å². The second-order valence-corrected chi connectivity index (χ2v) is 4.43. The summed E-state index contributed by atoms with van der Waals surface area (Å²) in [6, 6.07) is 0.497. The molecule has 0 aromatic heterocycles. The van der Waals surface area contributed by atoms with E-state index in [0.29, 0.717) is 45.4 Å². The van der Waals surface area contributed by atoms with Gasteiger partial charge in [0.1, 0.15) is 0 Å². The van der Waals surface area contributed by atoms with Crippen LogP contribution in [0.15, 0.2) is 0 Å². The molecule has 0 aliphatic carbocycles. The lowest BCUT2D eigenvalue weighted by Crippen LogP contribution is -2.28. The molecule has 0 aromatic rings. The monoisotopic (exact) mass is 260 g/mol. The average Bonchev–Trinajstić information content (AvgIpc) is 2.31. The number of carbonyl (C=O) groups is 1. The lowest BCUT2D eigenvalue weighted by Gasteiger charge is -2.09. The first-order chi connectivity index (χ1) is 8.66. The highest BCUT2D eigenvalue weighted by Crippen LogP contribution is 1.85. The normalized spacial score (nSPS) is 10.9. The fraction of sp³-hybridized carbons (Fsp3) is 0.923. The minimum atomic E-state index is 0.0945. The summed E-state index contributed by atoms with van der Waals surface area (Å²) < 4.78 is 10.7. The number of nitrogens with one attached hydrogen (secondary N) is 2. The number of amides is 1. The number of hydrogen-bond donors (Lipinski definition) is 2. The Morgan fingerprint density at radius 3 is 2.22 bits per heavy atom. The molecule has 0 atom stereocenters. The fourth-order valence-electron chi connectivity index (χ4n) is 1.32. The summed E-state index contributed by atoms with van der Waals surface area (Å²) in [5.41, 5.74) is 0. The third-order valence-corrected chi connectivity index (χ3v) is 2.22. The SMILES string of the molecule is CCCC(=O)NCCOCCOCCNC(C)C. The van der Waals surface area contributed by atoms with Crippen molar-refractivity contribution in [3.63, 3.8) is 0 Å². The van der Waals surface area contributed by atoms with Crippen molar-refractivity contribution < 1.29 is 14.3 Å². The van der Waals surface area contributed by atoms with Gasteiger partial charge in [-0.2, -0.15) is 0 Å². The van der Waals surface area contributed by atoms with Crippen LogP contribution in [0.3, 0.4) is 0 Å². The van der Waals surface area contributed by atoms with Crippen LogP contribution in [0.4, 0.5) is 0 Å². The van der Waals surface area contributed by atoms with E-state index in [1.165, 1.54) is 0 Å². The molecule has 2 N–H and O–H groups in total. The zero-order valence-electron chi connectivity index (χ0n) is 12.0. The molecule has 0 aliphatic heterocycles. The van der Waals surface area contributed by atoms with Gasteiger partial charge in [0.05, 0.1) is 26.4 Å². The molecule has 0 saturated heterocycles. The van der Waals surface area contributed by atoms with E-state index in [4.69, 9.17) is 9.47 Å². The van der Waals surface area contributed by atoms with Gasteiger partial charge in [0, 0.05) is 25.6 Å². The topological polar surface area (TPSA) is 59.6 Å². The van der Waals surface area contributed by atoms with Crippen LogP contribution in [0.1, 0.15) is 33.6 Å². The Morgan fingerprint density at radius 2 is 1.67 bits per heavy atom. The van der Waals surface area contributed by atoms with Crippen molar-refractivity contribution in [1.29, 1.82) is 0 Å². The first kappa shape index (κ1) is 17.4. The highest BCUT2D eigenvalue weighted by atomic mass is 16.5. The predicted octanol–water partition coefficient (Wildman–Crippen LogP) is 0.934. The molecule has 0 saturated carbocycles.